The number of cyclic esters (lactones) is 2. The molecule has 2 aromatic heterocycles. The number of nitrogens with one attached hydrogen (secondary N) is 2. The number of hydrogen-bond acceptors (Lipinski definition) is 22. The van der Waals surface area contributed by atoms with E-state index in [0.29, 0.717) is 30.1 Å². The van der Waals surface area contributed by atoms with Crippen molar-refractivity contribution in [2.24, 2.45) is 46.0 Å². The minimum Gasteiger partial charge on any atom is -0.458 e. The quantitative estimate of drug-likeness (QED) is 0.0228. The fraction of sp³-hybridized carbons (Fsp3) is 0.630. The number of fused-ring (bicyclic) bond motifs is 5. The van der Waals surface area contributed by atoms with Gasteiger partial charge in [-0.15, -0.1) is 22.7 Å². The molecular formula is C73H108N6O19P2S2. The summed E-state index contributed by atoms with van der Waals surface area (Å²) >= 11 is 2.81. The maximum atomic E-state index is 13.3. The van der Waals surface area contributed by atoms with Crippen molar-refractivity contribution in [3.8, 4) is 11.1 Å². The summed E-state index contributed by atoms with van der Waals surface area (Å²) in [6, 6.07) is 16.0. The van der Waals surface area contributed by atoms with Crippen molar-refractivity contribution in [1.82, 2.24) is 20.4 Å². The number of thiazole rings is 2. The Morgan fingerprint density at radius 3 is 1.52 bits per heavy atom. The number of ether oxygens (including phenoxy) is 5. The highest BCUT2D eigenvalue weighted by atomic mass is 32.1. The lowest BCUT2D eigenvalue weighted by atomic mass is 9.73. The predicted octanol–water partition coefficient (Wildman–Crippen LogP) is 9.73. The number of nitrogens with zero attached hydrogens (tertiary/aromatic N) is 2. The number of benzene rings is 2. The van der Waals surface area contributed by atoms with Gasteiger partial charge >= 0.3 is 25.6 Å². The first-order valence-corrected chi connectivity index (χ1v) is 40.5. The standard InChI is InChI=1S/C29H48N3O8PS.C27H42N2O6S.C17H18NO5P/c1-17-8-7-9-29(6)23(40-29)13-21(39-25(34)14-22(33)28(4,5)27(36)19(3)26(17)35)18(2)12-20-16-42-24(32-20)15-31-41(37,38)11-10-30;1-15-8-7-9-27(6)21(35-27)11-19(16(2)10-18-14-36-22(13-28)29-18)34-23(31)12-20(30)26(4,5)25(33)17(3)24(15)32;19-17(18-9-10-24(20,21)22)23-11-16-14-7-3-1-5-12(14)13-6-2-4-8-15(13)16/h12,16-17,19,21-23,26,33,35H,7-11,13-15,30H2,1-6H3,(H2,31,37,38);10,14-15,17,19-21,24,30,32H,7-9,11-13,28H2,1-6H3;1-8,16H,9-11H2,(H,18,19)(H2,20,21,22)/b18-12+;16-10+;/t17-,19+,21?,22-,23?,26-,29+;15-,17+,19?,20-,21?,24-,27+;/m00./s1. The summed E-state index contributed by atoms with van der Waals surface area (Å²) in [5.41, 5.74) is 15.4. The lowest BCUT2D eigenvalue weighted by molar-refractivity contribution is -0.156. The average molecular weight is 1500 g/mol. The molecule has 0 saturated carbocycles. The van der Waals surface area contributed by atoms with Crippen LogP contribution in [0.3, 0.4) is 0 Å². The molecule has 29 heteroatoms. The van der Waals surface area contributed by atoms with Crippen LogP contribution in [-0.2, 0) is 65.1 Å². The Morgan fingerprint density at radius 2 is 1.10 bits per heavy atom. The van der Waals surface area contributed by atoms with Crippen LogP contribution in [0.25, 0.3) is 23.3 Å². The third-order valence-electron chi connectivity index (χ3n) is 20.8. The molecular weight excluding hydrogens is 1390 g/mol. The number of aliphatic hydroxyl groups excluding tert-OH is 4. The highest BCUT2D eigenvalue weighted by molar-refractivity contribution is 7.55. The molecule has 6 heterocycles. The van der Waals surface area contributed by atoms with Gasteiger partial charge in [-0.25, -0.2) is 19.8 Å². The second-order valence-corrected chi connectivity index (χ2v) is 35.5. The molecule has 0 spiro atoms. The SMILES string of the molecule is C/C(=C\c1csc(CN)n1)C1CC2O[C@]2(C)CCC[C@H](C)[C@H](O)[C@@H](C)C(=O)C(C)(C)[C@@H](O)CC(=O)O1.C/C(=C\c1csc(CNP(=O)(O)CCN)n1)C1CC2O[C@]2(C)CCC[C@H](C)[C@H](O)[C@@H](C)C(=O)C(C)(C)[C@@H](O)CC(=O)O1.O=C(NCCP(=O)(O)O)OCC1c2ccccc2-c2ccccc21. The van der Waals surface area contributed by atoms with Crippen LogP contribution in [-0.4, -0.2) is 167 Å². The summed E-state index contributed by atoms with van der Waals surface area (Å²) in [6.45, 7) is 22.1. The summed E-state index contributed by atoms with van der Waals surface area (Å²) in [5.74, 6) is -3.38. The Kier molecular flexibility index (Phi) is 29.5. The van der Waals surface area contributed by atoms with Crippen molar-refractivity contribution >= 4 is 79.5 Å². The fourth-order valence-corrected chi connectivity index (χ4v) is 16.3. The second kappa shape index (κ2) is 35.9. The van der Waals surface area contributed by atoms with Gasteiger partial charge in [0, 0.05) is 61.0 Å². The summed E-state index contributed by atoms with van der Waals surface area (Å²) in [5, 5.41) is 53.7. The van der Waals surface area contributed by atoms with E-state index in [2.05, 4.69) is 27.3 Å². The third-order valence-corrected chi connectivity index (χ3v) is 24.9. The van der Waals surface area contributed by atoms with Crippen molar-refractivity contribution in [3.05, 3.63) is 103 Å². The van der Waals surface area contributed by atoms with Crippen LogP contribution >= 0.6 is 37.8 Å². The van der Waals surface area contributed by atoms with Crippen molar-refractivity contribution in [2.45, 2.75) is 226 Å². The topological polar surface area (TPSA) is 416 Å². The van der Waals surface area contributed by atoms with Gasteiger partial charge < -0.3 is 75.6 Å². The molecule has 15 atom stereocenters. The largest absolute Gasteiger partial charge is 0.458 e. The molecule has 25 nitrogen and oxygen atoms in total. The van der Waals surface area contributed by atoms with Crippen LogP contribution in [0.1, 0.15) is 186 Å². The van der Waals surface area contributed by atoms with Gasteiger partial charge in [-0.2, -0.15) is 0 Å². The zero-order valence-electron chi connectivity index (χ0n) is 60.7. The van der Waals surface area contributed by atoms with Gasteiger partial charge in [0.15, 0.2) is 0 Å². The number of aromatic nitrogens is 2. The molecule has 0 radical (unpaired) electrons. The van der Waals surface area contributed by atoms with Crippen molar-refractivity contribution < 1.29 is 91.9 Å². The molecule has 2 aromatic carbocycles. The Morgan fingerprint density at radius 1 is 0.667 bits per heavy atom. The Hall–Kier alpha value is -5.29. The summed E-state index contributed by atoms with van der Waals surface area (Å²) in [7, 11) is -7.64. The molecule has 102 heavy (non-hydrogen) atoms. The van der Waals surface area contributed by atoms with Gasteiger partial charge in [-0.1, -0.05) is 117 Å². The van der Waals surface area contributed by atoms with Gasteiger partial charge in [0.2, 0.25) is 0 Å². The average Bonchev–Trinajstić information content (AvgIpc) is 1.62. The van der Waals surface area contributed by atoms with Crippen molar-refractivity contribution in [3.63, 3.8) is 0 Å². The number of rotatable bonds is 15. The van der Waals surface area contributed by atoms with Crippen molar-refractivity contribution in [1.29, 1.82) is 0 Å². The number of Topliss-reactive ketones (excluding diaryl/α,β-unsaturated/α-hetero) is 2. The van der Waals surface area contributed by atoms with E-state index >= 15 is 0 Å². The molecule has 5 aliphatic rings. The van der Waals surface area contributed by atoms with Gasteiger partial charge in [-0.3, -0.25) is 28.3 Å². The zero-order valence-corrected chi connectivity index (χ0v) is 64.2. The summed E-state index contributed by atoms with van der Waals surface area (Å²) in [6.07, 6.45) is 1.92. The van der Waals surface area contributed by atoms with Crippen LogP contribution in [0.5, 0.6) is 0 Å². The molecule has 4 saturated heterocycles. The highest BCUT2D eigenvalue weighted by Crippen LogP contribution is 2.48. The van der Waals surface area contributed by atoms with Gasteiger partial charge in [0.1, 0.15) is 40.4 Å². The number of amides is 1. The Balaban J connectivity index is 0.000000222. The number of nitrogens with two attached hydrogens (primary N) is 2. The van der Waals surface area contributed by atoms with Crippen LogP contribution < -0.4 is 21.9 Å². The van der Waals surface area contributed by atoms with E-state index in [4.69, 9.17) is 44.9 Å². The number of alkyl carbamates (subject to hydrolysis) is 1. The van der Waals surface area contributed by atoms with Crippen LogP contribution in [0, 0.1) is 34.5 Å². The van der Waals surface area contributed by atoms with Crippen LogP contribution in [0.4, 0.5) is 4.79 Å². The van der Waals surface area contributed by atoms with Crippen LogP contribution in [0.2, 0.25) is 0 Å². The zero-order chi connectivity index (χ0) is 75.5. The minimum absolute atomic E-state index is 0.0283. The first-order chi connectivity index (χ1) is 47.7. The first-order valence-electron chi connectivity index (χ1n) is 35.1. The summed E-state index contributed by atoms with van der Waals surface area (Å²) in [4.78, 5) is 101. The molecule has 4 aromatic rings. The Bertz CT molecular complexity index is 3660. The maximum absolute atomic E-state index is 13.3. The maximum Gasteiger partial charge on any atom is 0.407 e. The highest BCUT2D eigenvalue weighted by Gasteiger charge is 2.55. The van der Waals surface area contributed by atoms with E-state index in [0.717, 1.165) is 82.6 Å². The first kappa shape index (κ1) is 84.0. The van der Waals surface area contributed by atoms with E-state index in [1.165, 1.54) is 22.7 Å². The smallest absolute Gasteiger partial charge is 0.407 e. The molecule has 5 unspecified atom stereocenters. The molecule has 566 valence electrons. The monoisotopic (exact) mass is 1500 g/mol. The number of ketones is 2. The predicted molar refractivity (Wildman–Crippen MR) is 391 cm³/mol. The molecule has 9 rings (SSSR count). The van der Waals surface area contributed by atoms with Gasteiger partial charge in [0.25, 0.3) is 7.52 Å². The van der Waals surface area contributed by atoms with Gasteiger partial charge in [0.05, 0.1) is 102 Å². The molecule has 1 aliphatic carbocycles. The van der Waals surface area contributed by atoms with E-state index < -0.39 is 98.6 Å². The lowest BCUT2D eigenvalue weighted by Crippen LogP contribution is -2.45. The normalized spacial score (nSPS) is 30.4. The molecule has 4 fully saturated rings. The van der Waals surface area contributed by atoms with Crippen LogP contribution in [0.15, 0.2) is 70.4 Å². The number of epoxide rings is 2. The van der Waals surface area contributed by atoms with E-state index in [1.807, 2.05) is 106 Å². The lowest BCUT2D eigenvalue weighted by Gasteiger charge is -2.34. The van der Waals surface area contributed by atoms with Crippen molar-refractivity contribution in [2.75, 3.05) is 32.0 Å². The third kappa shape index (κ3) is 22.9. The van der Waals surface area contributed by atoms with E-state index in [9.17, 15) is 58.4 Å². The molecule has 0 bridgehead atoms. The summed E-state index contributed by atoms with van der Waals surface area (Å²) < 4.78 is 52.0. The number of aliphatic hydroxyl groups is 4. The fourth-order valence-electron chi connectivity index (χ4n) is 13.6. The number of esters is 2. The molecule has 1 amide bonds. The number of carbonyl (C=O) groups excluding carboxylic acids is 5. The number of carbonyl (C=O) groups is 5. The second-order valence-electron chi connectivity index (χ2n) is 29.7. The molecule has 4 aliphatic heterocycles. The van der Waals surface area contributed by atoms with E-state index in [1.54, 1.807) is 41.5 Å². The Labute approximate surface area is 607 Å². The van der Waals surface area contributed by atoms with E-state index in [-0.39, 0.29) is 98.0 Å². The number of hydrogen-bond donors (Lipinski definition) is 11. The van der Waals surface area contributed by atoms with Gasteiger partial charge in [-0.05, 0) is 111 Å². The minimum atomic E-state index is -4.12. The molecule has 13 N–H and O–H groups in total.